The molecular weight excluding hydrogens is 684 g/mol. The zero-order valence-corrected chi connectivity index (χ0v) is 27.1. The molecule has 19 atom stereocenters. The van der Waals surface area contributed by atoms with E-state index in [4.69, 9.17) is 33.2 Å². The molecule has 0 unspecified atom stereocenters. The molecule has 0 saturated carbocycles. The molecule has 50 heavy (non-hydrogen) atoms. The average molecular weight is 733 g/mol. The highest BCUT2D eigenvalue weighted by atomic mass is 16.8. The van der Waals surface area contributed by atoms with Crippen molar-refractivity contribution in [2.75, 3.05) is 33.0 Å². The predicted octanol–water partition coefficient (Wildman–Crippen LogP) is -8.78. The smallest absolute Gasteiger partial charge is 0.217 e. The van der Waals surface area contributed by atoms with Gasteiger partial charge in [-0.3, -0.25) is 9.59 Å². The van der Waals surface area contributed by atoms with E-state index in [0.29, 0.717) is 0 Å². The Morgan fingerprint density at radius 3 is 1.66 bits per heavy atom. The third-order valence-corrected chi connectivity index (χ3v) is 8.92. The molecule has 0 aliphatic carbocycles. The topological polar surface area (TPSA) is 345 Å². The van der Waals surface area contributed by atoms with E-state index in [-0.39, 0.29) is 6.61 Å². The Bertz CT molecular complexity index is 1110. The van der Waals surface area contributed by atoms with Gasteiger partial charge in [-0.15, -0.1) is 0 Å². The Hall–Kier alpha value is -1.78. The molecule has 4 fully saturated rings. The van der Waals surface area contributed by atoms with Crippen molar-refractivity contribution < 1.29 is 98.9 Å². The quantitative estimate of drug-likeness (QED) is 0.0885. The molecule has 4 saturated heterocycles. The van der Waals surface area contributed by atoms with Gasteiger partial charge < -0.3 is 100.0 Å². The molecule has 0 spiro atoms. The molecular formula is C28H48N2O20. The highest BCUT2D eigenvalue weighted by molar-refractivity contribution is 5.73. The molecule has 4 aliphatic rings. The number of carbonyl (C=O) groups is 2. The normalized spacial score (nSPS) is 47.0. The van der Waals surface area contributed by atoms with Gasteiger partial charge >= 0.3 is 0 Å². The van der Waals surface area contributed by atoms with Crippen LogP contribution in [-0.4, -0.2) is 217 Å². The van der Waals surface area contributed by atoms with Gasteiger partial charge in [0.15, 0.2) is 18.9 Å². The number of carbonyl (C=O) groups excluding carboxylic acids is 2. The number of hydrogen-bond donors (Lipinski definition) is 13. The zero-order valence-electron chi connectivity index (χ0n) is 27.1. The molecule has 2 amide bonds. The van der Waals surface area contributed by atoms with Crippen molar-refractivity contribution in [1.82, 2.24) is 10.6 Å². The van der Waals surface area contributed by atoms with Crippen LogP contribution in [0, 0.1) is 0 Å². The first kappa shape index (κ1) is 41.0. The molecule has 22 heteroatoms. The molecule has 290 valence electrons. The predicted molar refractivity (Wildman–Crippen MR) is 156 cm³/mol. The van der Waals surface area contributed by atoms with Crippen LogP contribution in [0.2, 0.25) is 0 Å². The van der Waals surface area contributed by atoms with Crippen molar-refractivity contribution in [2.45, 2.75) is 130 Å². The van der Waals surface area contributed by atoms with E-state index in [1.54, 1.807) is 0 Å². The van der Waals surface area contributed by atoms with Crippen LogP contribution in [0.5, 0.6) is 0 Å². The maximum atomic E-state index is 12.2. The first-order valence-electron chi connectivity index (χ1n) is 15.9. The van der Waals surface area contributed by atoms with Crippen LogP contribution >= 0.6 is 0 Å². The van der Waals surface area contributed by atoms with Crippen LogP contribution in [-0.2, 0) is 42.7 Å². The minimum Gasteiger partial charge on any atom is -0.394 e. The summed E-state index contributed by atoms with van der Waals surface area (Å²) in [5.74, 6) is -1.19. The lowest BCUT2D eigenvalue weighted by Crippen LogP contribution is -2.69. The Balaban J connectivity index is 1.49. The summed E-state index contributed by atoms with van der Waals surface area (Å²) < 4.78 is 39.3. The van der Waals surface area contributed by atoms with E-state index in [2.05, 4.69) is 10.6 Å². The fourth-order valence-corrected chi connectivity index (χ4v) is 6.19. The Labute approximate surface area is 285 Å². The second kappa shape index (κ2) is 17.8. The molecule has 0 radical (unpaired) electrons. The molecule has 0 aromatic heterocycles. The lowest BCUT2D eigenvalue weighted by atomic mass is 9.94. The molecule has 4 heterocycles. The average Bonchev–Trinajstić information content (AvgIpc) is 3.07. The molecule has 4 rings (SSSR count). The van der Waals surface area contributed by atoms with Crippen molar-refractivity contribution in [3.05, 3.63) is 0 Å². The second-order valence-electron chi connectivity index (χ2n) is 12.5. The van der Waals surface area contributed by atoms with Crippen LogP contribution in [0.15, 0.2) is 0 Å². The summed E-state index contributed by atoms with van der Waals surface area (Å²) in [6.07, 6.45) is -27.9. The Kier molecular flexibility index (Phi) is 14.6. The second-order valence-corrected chi connectivity index (χ2v) is 12.5. The van der Waals surface area contributed by atoms with E-state index in [1.807, 2.05) is 0 Å². The third kappa shape index (κ3) is 9.05. The first-order chi connectivity index (χ1) is 23.6. The van der Waals surface area contributed by atoms with Crippen LogP contribution in [0.3, 0.4) is 0 Å². The lowest BCUT2D eigenvalue weighted by Gasteiger charge is -2.49. The largest absolute Gasteiger partial charge is 0.394 e. The van der Waals surface area contributed by atoms with Gasteiger partial charge in [-0.2, -0.15) is 0 Å². The van der Waals surface area contributed by atoms with E-state index in [1.165, 1.54) is 6.92 Å². The number of aliphatic hydroxyl groups is 11. The number of aliphatic hydroxyl groups excluding tert-OH is 11. The van der Waals surface area contributed by atoms with Gasteiger partial charge in [-0.25, -0.2) is 0 Å². The monoisotopic (exact) mass is 732 g/mol. The summed E-state index contributed by atoms with van der Waals surface area (Å²) in [5, 5.41) is 119. The van der Waals surface area contributed by atoms with Gasteiger partial charge in [0.25, 0.3) is 0 Å². The standard InChI is InChI=1S/C28H48N2O20/c1-8(34)29-10-6-44-12(4-32)24(16(10)36)49-26-15(30-9(2)35)19(39)25(13(5-33)47-26)50-28-23(43)21(41)18(38)14(48-28)7-45-27-22(42)20(40)17(37)11(3-31)46-27/h10-28,31-33,36-43H,3-7H2,1-2H3,(H,29,34)(H,30,35)/t10-,11+,12+,13+,14+,15+,16+,17+,18+,19+,20-,21-,22-,23-,24+,25+,26+,27-,28+/m0/s1. The fraction of sp³-hybridized carbons (Fsp3) is 0.929. The SMILES string of the molecule is CC(=O)N[C@H]1[C@@H](O[C@H]2[C@H](O)[C@@H](NC(C)=O)CO[C@@H]2CO)O[C@H](CO)[C@@H](O[C@H]2O[C@H](CO[C@H]3O[C@H](CO)[C@@H](O)[C@H](O)[C@@H]3O)[C@@H](O)[C@H](O)[C@@H]2O)[C@@H]1O. The van der Waals surface area contributed by atoms with Gasteiger partial charge in [0, 0.05) is 13.8 Å². The minimum atomic E-state index is -1.97. The third-order valence-electron chi connectivity index (χ3n) is 8.92. The van der Waals surface area contributed by atoms with Gasteiger partial charge in [0.05, 0.1) is 39.1 Å². The molecule has 4 aliphatic heterocycles. The van der Waals surface area contributed by atoms with Gasteiger partial charge in [0.2, 0.25) is 11.8 Å². The minimum absolute atomic E-state index is 0.177. The van der Waals surface area contributed by atoms with E-state index in [9.17, 15) is 65.8 Å². The lowest BCUT2D eigenvalue weighted by molar-refractivity contribution is -0.362. The Morgan fingerprint density at radius 1 is 0.580 bits per heavy atom. The summed E-state index contributed by atoms with van der Waals surface area (Å²) in [7, 11) is 0. The molecule has 0 aromatic carbocycles. The van der Waals surface area contributed by atoms with Crippen LogP contribution in [0.25, 0.3) is 0 Å². The summed E-state index contributed by atoms with van der Waals surface area (Å²) in [5.41, 5.74) is 0. The van der Waals surface area contributed by atoms with E-state index >= 15 is 0 Å². The first-order valence-corrected chi connectivity index (χ1v) is 15.9. The maximum Gasteiger partial charge on any atom is 0.217 e. The van der Waals surface area contributed by atoms with Crippen LogP contribution in [0.4, 0.5) is 0 Å². The fourth-order valence-electron chi connectivity index (χ4n) is 6.19. The number of nitrogens with one attached hydrogen (secondary N) is 2. The summed E-state index contributed by atoms with van der Waals surface area (Å²) >= 11 is 0. The molecule has 0 bridgehead atoms. The highest BCUT2D eigenvalue weighted by Gasteiger charge is 2.54. The van der Waals surface area contributed by atoms with Gasteiger partial charge in [-0.1, -0.05) is 0 Å². The summed E-state index contributed by atoms with van der Waals surface area (Å²) in [6, 6.07) is -2.48. The summed E-state index contributed by atoms with van der Waals surface area (Å²) in [4.78, 5) is 23.8. The van der Waals surface area contributed by atoms with E-state index < -0.39 is 155 Å². The zero-order chi connectivity index (χ0) is 37.0. The van der Waals surface area contributed by atoms with Crippen molar-refractivity contribution >= 4 is 11.8 Å². The van der Waals surface area contributed by atoms with Crippen LogP contribution in [0.1, 0.15) is 13.8 Å². The van der Waals surface area contributed by atoms with E-state index in [0.717, 1.165) is 6.92 Å². The molecule has 13 N–H and O–H groups in total. The number of amides is 2. The van der Waals surface area contributed by atoms with Gasteiger partial charge in [-0.05, 0) is 0 Å². The number of rotatable bonds is 12. The molecule has 0 aromatic rings. The van der Waals surface area contributed by atoms with Crippen LogP contribution < -0.4 is 10.6 Å². The summed E-state index contributed by atoms with van der Waals surface area (Å²) in [6.45, 7) is -0.797. The highest BCUT2D eigenvalue weighted by Crippen LogP contribution is 2.32. The molecule has 22 nitrogen and oxygen atoms in total. The number of ether oxygens (including phenoxy) is 7. The maximum absolute atomic E-state index is 12.2. The Morgan fingerprint density at radius 2 is 1.08 bits per heavy atom. The van der Waals surface area contributed by atoms with Crippen molar-refractivity contribution in [3.8, 4) is 0 Å². The van der Waals surface area contributed by atoms with Gasteiger partial charge in [0.1, 0.15) is 91.5 Å². The van der Waals surface area contributed by atoms with Crippen molar-refractivity contribution in [2.24, 2.45) is 0 Å². The number of hydrogen-bond acceptors (Lipinski definition) is 20. The van der Waals surface area contributed by atoms with Crippen molar-refractivity contribution in [3.63, 3.8) is 0 Å². The van der Waals surface area contributed by atoms with Crippen molar-refractivity contribution in [1.29, 1.82) is 0 Å².